The van der Waals surface area contributed by atoms with Gasteiger partial charge in [0.2, 0.25) is 5.78 Å². The van der Waals surface area contributed by atoms with E-state index in [1.807, 2.05) is 36.4 Å². The minimum absolute atomic E-state index is 0.0431. The number of Topliss-reactive ketones (excluding diaryl/α,β-unsaturated/α-hetero) is 1. The number of halogens is 1. The Hall–Kier alpha value is -2.06. The number of hydrogen-bond donors (Lipinski definition) is 0. The van der Waals surface area contributed by atoms with Gasteiger partial charge >= 0.3 is 0 Å². The average Bonchev–Trinajstić information content (AvgIpc) is 2.82. The minimum atomic E-state index is -0.0431. The fourth-order valence-electron chi connectivity index (χ4n) is 2.04. The molecule has 94 valence electrons. The van der Waals surface area contributed by atoms with Crippen molar-refractivity contribution in [3.63, 3.8) is 0 Å². The molecule has 0 bridgehead atoms. The number of benzene rings is 2. The van der Waals surface area contributed by atoms with E-state index in [2.05, 4.69) is 0 Å². The van der Waals surface area contributed by atoms with Crippen LogP contribution in [0, 0.1) is 0 Å². The summed E-state index contributed by atoms with van der Waals surface area (Å²) >= 11 is 5.90. The largest absolute Gasteiger partial charge is 0.453 e. The zero-order chi connectivity index (χ0) is 13.2. The predicted octanol–water partition coefficient (Wildman–Crippen LogP) is 4.51. The second-order valence-electron chi connectivity index (χ2n) is 4.38. The van der Waals surface area contributed by atoms with Crippen molar-refractivity contribution in [2.24, 2.45) is 0 Å². The molecule has 0 spiro atoms. The summed E-state index contributed by atoms with van der Waals surface area (Å²) in [5.41, 5.74) is 1.62. The molecule has 3 rings (SSSR count). The van der Waals surface area contributed by atoms with Gasteiger partial charge < -0.3 is 4.42 Å². The van der Waals surface area contributed by atoms with Crippen LogP contribution in [-0.2, 0) is 6.42 Å². The van der Waals surface area contributed by atoms with Crippen LogP contribution in [0.15, 0.2) is 59.0 Å². The molecule has 2 aromatic carbocycles. The van der Waals surface area contributed by atoms with Crippen molar-refractivity contribution in [1.29, 1.82) is 0 Å². The lowest BCUT2D eigenvalue weighted by atomic mass is 10.1. The predicted molar refractivity (Wildman–Crippen MR) is 75.7 cm³/mol. The summed E-state index contributed by atoms with van der Waals surface area (Å²) in [5, 5.41) is 1.58. The van der Waals surface area contributed by atoms with Crippen molar-refractivity contribution in [3.05, 3.63) is 70.9 Å². The first-order valence-corrected chi connectivity index (χ1v) is 6.36. The Morgan fingerprint density at radius 3 is 2.68 bits per heavy atom. The number of rotatable bonds is 3. The van der Waals surface area contributed by atoms with Gasteiger partial charge in [0.1, 0.15) is 5.58 Å². The highest BCUT2D eigenvalue weighted by molar-refractivity contribution is 6.30. The van der Waals surface area contributed by atoms with Gasteiger partial charge in [0.25, 0.3) is 0 Å². The van der Waals surface area contributed by atoms with Crippen LogP contribution >= 0.6 is 11.6 Å². The number of fused-ring (bicyclic) bond motifs is 1. The Bertz CT molecular complexity index is 710. The highest BCUT2D eigenvalue weighted by atomic mass is 35.5. The Kier molecular flexibility index (Phi) is 3.10. The van der Waals surface area contributed by atoms with Gasteiger partial charge in [0.15, 0.2) is 5.76 Å². The van der Waals surface area contributed by atoms with Gasteiger partial charge in [0.05, 0.1) is 0 Å². The van der Waals surface area contributed by atoms with Crippen molar-refractivity contribution < 1.29 is 9.21 Å². The first kappa shape index (κ1) is 12.0. The summed E-state index contributed by atoms with van der Waals surface area (Å²) in [6, 6.07) is 16.7. The molecule has 0 aliphatic heterocycles. The van der Waals surface area contributed by atoms with E-state index in [4.69, 9.17) is 16.0 Å². The molecule has 0 amide bonds. The normalized spacial score (nSPS) is 10.8. The van der Waals surface area contributed by atoms with Gasteiger partial charge in [-0.15, -0.1) is 0 Å². The third-order valence-corrected chi connectivity index (χ3v) is 3.19. The molecule has 0 N–H and O–H groups in total. The number of ketones is 1. The van der Waals surface area contributed by atoms with E-state index in [1.165, 1.54) is 0 Å². The SMILES string of the molecule is O=C(Cc1cccc(Cl)c1)c1cc2ccccc2o1. The summed E-state index contributed by atoms with van der Waals surface area (Å²) in [6.45, 7) is 0. The first-order chi connectivity index (χ1) is 9.22. The lowest BCUT2D eigenvalue weighted by Crippen LogP contribution is -2.01. The van der Waals surface area contributed by atoms with Crippen LogP contribution in [0.2, 0.25) is 5.02 Å². The molecule has 3 aromatic rings. The Labute approximate surface area is 115 Å². The zero-order valence-electron chi connectivity index (χ0n) is 10.1. The molecule has 0 aliphatic rings. The molecular formula is C16H11ClO2. The Balaban J connectivity index is 1.87. The van der Waals surface area contributed by atoms with Crippen molar-refractivity contribution in [2.45, 2.75) is 6.42 Å². The van der Waals surface area contributed by atoms with Gasteiger partial charge in [-0.05, 0) is 29.8 Å². The quantitative estimate of drug-likeness (QED) is 0.656. The van der Waals surface area contributed by atoms with E-state index in [9.17, 15) is 4.79 Å². The van der Waals surface area contributed by atoms with E-state index in [0.717, 1.165) is 16.5 Å². The highest BCUT2D eigenvalue weighted by Crippen LogP contribution is 2.20. The molecule has 1 aromatic heterocycles. The third kappa shape index (κ3) is 2.54. The first-order valence-electron chi connectivity index (χ1n) is 5.98. The topological polar surface area (TPSA) is 30.2 Å². The average molecular weight is 271 g/mol. The molecule has 0 fully saturated rings. The van der Waals surface area contributed by atoms with Gasteiger partial charge in [-0.2, -0.15) is 0 Å². The second kappa shape index (κ2) is 4.90. The molecule has 3 heteroatoms. The summed E-state index contributed by atoms with van der Waals surface area (Å²) < 4.78 is 5.55. The molecule has 1 heterocycles. The van der Waals surface area contributed by atoms with Gasteiger partial charge in [-0.25, -0.2) is 0 Å². The van der Waals surface area contributed by atoms with Crippen LogP contribution < -0.4 is 0 Å². The summed E-state index contributed by atoms with van der Waals surface area (Å²) in [7, 11) is 0. The molecule has 0 saturated heterocycles. The van der Waals surface area contributed by atoms with E-state index in [0.29, 0.717) is 17.2 Å². The van der Waals surface area contributed by atoms with Crippen LogP contribution in [-0.4, -0.2) is 5.78 Å². The van der Waals surface area contributed by atoms with Crippen LogP contribution in [0.25, 0.3) is 11.0 Å². The second-order valence-corrected chi connectivity index (χ2v) is 4.81. The van der Waals surface area contributed by atoms with Crippen LogP contribution in [0.1, 0.15) is 16.1 Å². The fourth-order valence-corrected chi connectivity index (χ4v) is 2.25. The molecule has 2 nitrogen and oxygen atoms in total. The summed E-state index contributed by atoms with van der Waals surface area (Å²) in [5.74, 6) is 0.347. The van der Waals surface area contributed by atoms with Gasteiger partial charge in [-0.3, -0.25) is 4.79 Å². The Morgan fingerprint density at radius 1 is 1.05 bits per heavy atom. The molecular weight excluding hydrogens is 260 g/mol. The standard InChI is InChI=1S/C16H11ClO2/c17-13-6-3-4-11(8-13)9-14(18)16-10-12-5-1-2-7-15(12)19-16/h1-8,10H,9H2. The maximum absolute atomic E-state index is 12.2. The van der Waals surface area contributed by atoms with Crippen molar-refractivity contribution in [2.75, 3.05) is 0 Å². The van der Waals surface area contributed by atoms with Crippen molar-refractivity contribution in [1.82, 2.24) is 0 Å². The Morgan fingerprint density at radius 2 is 1.89 bits per heavy atom. The molecule has 0 radical (unpaired) electrons. The monoisotopic (exact) mass is 270 g/mol. The zero-order valence-corrected chi connectivity index (χ0v) is 10.9. The third-order valence-electron chi connectivity index (χ3n) is 2.95. The fraction of sp³-hybridized carbons (Fsp3) is 0.0625. The number of furan rings is 1. The van der Waals surface area contributed by atoms with E-state index >= 15 is 0 Å². The van der Waals surface area contributed by atoms with Crippen molar-refractivity contribution >= 4 is 28.4 Å². The number of para-hydroxylation sites is 1. The molecule has 0 saturated carbocycles. The maximum atomic E-state index is 12.2. The minimum Gasteiger partial charge on any atom is -0.453 e. The maximum Gasteiger partial charge on any atom is 0.202 e. The highest BCUT2D eigenvalue weighted by Gasteiger charge is 2.12. The molecule has 0 atom stereocenters. The van der Waals surface area contributed by atoms with Crippen LogP contribution in [0.5, 0.6) is 0 Å². The van der Waals surface area contributed by atoms with Crippen LogP contribution in [0.3, 0.4) is 0 Å². The molecule has 0 aliphatic carbocycles. The number of carbonyl (C=O) groups excluding carboxylic acids is 1. The van der Waals surface area contributed by atoms with Crippen LogP contribution in [0.4, 0.5) is 0 Å². The number of carbonyl (C=O) groups is 1. The van der Waals surface area contributed by atoms with E-state index in [1.54, 1.807) is 18.2 Å². The lowest BCUT2D eigenvalue weighted by molar-refractivity contribution is 0.0968. The summed E-state index contributed by atoms with van der Waals surface area (Å²) in [6.07, 6.45) is 0.292. The summed E-state index contributed by atoms with van der Waals surface area (Å²) in [4.78, 5) is 12.2. The smallest absolute Gasteiger partial charge is 0.202 e. The van der Waals surface area contributed by atoms with Gasteiger partial charge in [-0.1, -0.05) is 41.9 Å². The number of hydrogen-bond acceptors (Lipinski definition) is 2. The van der Waals surface area contributed by atoms with Crippen molar-refractivity contribution in [3.8, 4) is 0 Å². The molecule has 19 heavy (non-hydrogen) atoms. The van der Waals surface area contributed by atoms with E-state index in [-0.39, 0.29) is 5.78 Å². The van der Waals surface area contributed by atoms with E-state index < -0.39 is 0 Å². The van der Waals surface area contributed by atoms with Gasteiger partial charge in [0, 0.05) is 16.8 Å². The lowest BCUT2D eigenvalue weighted by Gasteiger charge is -1.99. The molecule has 0 unspecified atom stereocenters.